The normalized spacial score (nSPS) is 11.6. The van der Waals surface area contributed by atoms with Gasteiger partial charge in [-0.2, -0.15) is 0 Å². The summed E-state index contributed by atoms with van der Waals surface area (Å²) in [5.74, 6) is 0. The highest BCUT2D eigenvalue weighted by Gasteiger charge is 2.22. The Balaban J connectivity index is 1.80. The van der Waals surface area contributed by atoms with Crippen LogP contribution in [0, 0.1) is 6.92 Å². The molecule has 7 nitrogen and oxygen atoms in total. The first-order valence-corrected chi connectivity index (χ1v) is 12.0. The van der Waals surface area contributed by atoms with Gasteiger partial charge >= 0.3 is 6.09 Å². The molecule has 0 aliphatic rings. The summed E-state index contributed by atoms with van der Waals surface area (Å²) in [6.07, 6.45) is 4.38. The molecule has 0 fully saturated rings. The fourth-order valence-electron chi connectivity index (χ4n) is 3.71. The summed E-state index contributed by atoms with van der Waals surface area (Å²) in [6.45, 7) is 2.02. The number of aryl methyl sites for hydroxylation is 1. The van der Waals surface area contributed by atoms with Crippen LogP contribution < -0.4 is 5.73 Å². The zero-order valence-electron chi connectivity index (χ0n) is 17.9. The molecule has 2 N–H and O–H groups in total. The standard InChI is InChI=1S/C24H22ClN3O4S/c1-16-4-6-18(22(25)11-16)12-17-5-7-21-19(8-10-32-24(26)29)15-28(23(21)13-17)33(30,31)20-3-2-9-27-14-20/h2-7,9,11,13-15H,8,10,12H2,1H3,(H2,26,29). The Bertz CT molecular complexity index is 1430. The highest BCUT2D eigenvalue weighted by atomic mass is 35.5. The maximum absolute atomic E-state index is 13.4. The van der Waals surface area contributed by atoms with E-state index in [1.54, 1.807) is 12.3 Å². The number of carbonyl (C=O) groups is 1. The van der Waals surface area contributed by atoms with E-state index in [-0.39, 0.29) is 11.5 Å². The topological polar surface area (TPSA) is 104 Å². The van der Waals surface area contributed by atoms with Gasteiger partial charge in [0.25, 0.3) is 10.0 Å². The summed E-state index contributed by atoms with van der Waals surface area (Å²) in [5, 5.41) is 1.41. The first-order valence-electron chi connectivity index (χ1n) is 10.2. The SMILES string of the molecule is Cc1ccc(Cc2ccc3c(CCOC(N)=O)cn(S(=O)(=O)c4cccnc4)c3c2)c(Cl)c1. The van der Waals surface area contributed by atoms with Gasteiger partial charge in [0, 0.05) is 35.4 Å². The summed E-state index contributed by atoms with van der Waals surface area (Å²) in [6, 6.07) is 14.6. The molecule has 2 aromatic heterocycles. The predicted octanol–water partition coefficient (Wildman–Crippen LogP) is 4.46. The van der Waals surface area contributed by atoms with Crippen molar-refractivity contribution in [3.8, 4) is 0 Å². The fraction of sp³-hybridized carbons (Fsp3) is 0.167. The van der Waals surface area contributed by atoms with E-state index in [4.69, 9.17) is 22.1 Å². The molecule has 0 radical (unpaired) electrons. The number of halogens is 1. The quantitative estimate of drug-likeness (QED) is 0.417. The molecule has 0 atom stereocenters. The molecular formula is C24H22ClN3O4S. The van der Waals surface area contributed by atoms with Gasteiger partial charge in [0.1, 0.15) is 4.90 Å². The zero-order valence-corrected chi connectivity index (χ0v) is 19.4. The Labute approximate surface area is 196 Å². The molecule has 0 saturated carbocycles. The van der Waals surface area contributed by atoms with Crippen molar-refractivity contribution in [2.24, 2.45) is 5.73 Å². The number of nitrogens with two attached hydrogens (primary N) is 1. The molecule has 4 aromatic rings. The Hall–Kier alpha value is -3.36. The number of hydrogen-bond acceptors (Lipinski definition) is 5. The minimum Gasteiger partial charge on any atom is -0.449 e. The number of nitrogens with zero attached hydrogens (tertiary/aromatic N) is 2. The number of carbonyl (C=O) groups excluding carboxylic acids is 1. The van der Waals surface area contributed by atoms with E-state index in [0.717, 1.165) is 27.6 Å². The van der Waals surface area contributed by atoms with E-state index in [1.165, 1.54) is 22.4 Å². The van der Waals surface area contributed by atoms with E-state index in [9.17, 15) is 13.2 Å². The van der Waals surface area contributed by atoms with Crippen LogP contribution in [0.25, 0.3) is 10.9 Å². The van der Waals surface area contributed by atoms with Crippen LogP contribution in [-0.2, 0) is 27.6 Å². The van der Waals surface area contributed by atoms with Gasteiger partial charge in [-0.25, -0.2) is 17.2 Å². The van der Waals surface area contributed by atoms with Gasteiger partial charge in [-0.3, -0.25) is 4.98 Å². The highest BCUT2D eigenvalue weighted by Crippen LogP contribution is 2.29. The monoisotopic (exact) mass is 483 g/mol. The number of ether oxygens (including phenoxy) is 1. The summed E-state index contributed by atoms with van der Waals surface area (Å²) < 4.78 is 32.9. The van der Waals surface area contributed by atoms with Gasteiger partial charge in [0.05, 0.1) is 12.1 Å². The van der Waals surface area contributed by atoms with Crippen LogP contribution in [0.3, 0.4) is 0 Å². The molecule has 0 saturated heterocycles. The number of amides is 1. The smallest absolute Gasteiger partial charge is 0.404 e. The van der Waals surface area contributed by atoms with Crippen molar-refractivity contribution < 1.29 is 17.9 Å². The van der Waals surface area contributed by atoms with E-state index in [1.807, 2.05) is 43.3 Å². The number of aromatic nitrogens is 2. The lowest BCUT2D eigenvalue weighted by Gasteiger charge is -2.09. The molecular weight excluding hydrogens is 462 g/mol. The molecule has 0 aliphatic carbocycles. The number of hydrogen-bond donors (Lipinski definition) is 1. The molecule has 0 spiro atoms. The van der Waals surface area contributed by atoms with Crippen molar-refractivity contribution in [2.75, 3.05) is 6.61 Å². The maximum atomic E-state index is 13.4. The molecule has 170 valence electrons. The molecule has 0 aliphatic heterocycles. The Kier molecular flexibility index (Phi) is 6.40. The first-order chi connectivity index (χ1) is 15.8. The minimum atomic E-state index is -3.89. The van der Waals surface area contributed by atoms with E-state index in [0.29, 0.717) is 23.4 Å². The van der Waals surface area contributed by atoms with E-state index in [2.05, 4.69) is 4.98 Å². The van der Waals surface area contributed by atoms with Crippen LogP contribution in [-0.4, -0.2) is 30.1 Å². The van der Waals surface area contributed by atoms with Crippen molar-refractivity contribution in [3.63, 3.8) is 0 Å². The van der Waals surface area contributed by atoms with Gasteiger partial charge in [0.15, 0.2) is 0 Å². The minimum absolute atomic E-state index is 0.0438. The van der Waals surface area contributed by atoms with Crippen molar-refractivity contribution in [3.05, 3.63) is 94.4 Å². The third-order valence-corrected chi connectivity index (χ3v) is 7.34. The molecule has 1 amide bonds. The van der Waals surface area contributed by atoms with E-state index < -0.39 is 16.1 Å². The molecule has 0 unspecified atom stereocenters. The summed E-state index contributed by atoms with van der Waals surface area (Å²) >= 11 is 6.41. The van der Waals surface area contributed by atoms with Crippen molar-refractivity contribution in [2.45, 2.75) is 24.7 Å². The highest BCUT2D eigenvalue weighted by molar-refractivity contribution is 7.90. The van der Waals surface area contributed by atoms with Gasteiger partial charge in [-0.05, 0) is 59.9 Å². The van der Waals surface area contributed by atoms with Gasteiger partial charge < -0.3 is 10.5 Å². The number of primary amides is 1. The van der Waals surface area contributed by atoms with Crippen LogP contribution >= 0.6 is 11.6 Å². The lowest BCUT2D eigenvalue weighted by Crippen LogP contribution is -2.14. The molecule has 4 rings (SSSR count). The van der Waals surface area contributed by atoms with Crippen LogP contribution in [0.15, 0.2) is 72.0 Å². The molecule has 33 heavy (non-hydrogen) atoms. The largest absolute Gasteiger partial charge is 0.449 e. The van der Waals surface area contributed by atoms with E-state index >= 15 is 0 Å². The second kappa shape index (κ2) is 9.25. The molecule has 2 heterocycles. The first kappa shape index (κ1) is 22.8. The van der Waals surface area contributed by atoms with Crippen LogP contribution in [0.5, 0.6) is 0 Å². The second-order valence-corrected chi connectivity index (χ2v) is 9.91. The summed E-state index contributed by atoms with van der Waals surface area (Å²) in [4.78, 5) is 15.0. The average molecular weight is 484 g/mol. The number of fused-ring (bicyclic) bond motifs is 1. The van der Waals surface area contributed by atoms with Crippen LogP contribution in [0.2, 0.25) is 5.02 Å². The van der Waals surface area contributed by atoms with Crippen LogP contribution in [0.1, 0.15) is 22.3 Å². The zero-order chi connectivity index (χ0) is 23.6. The summed E-state index contributed by atoms with van der Waals surface area (Å²) in [5.41, 5.74) is 9.23. The predicted molar refractivity (Wildman–Crippen MR) is 127 cm³/mol. The Morgan fingerprint density at radius 1 is 1.15 bits per heavy atom. The van der Waals surface area contributed by atoms with Crippen molar-refractivity contribution in [1.29, 1.82) is 0 Å². The molecule has 0 bridgehead atoms. The lowest BCUT2D eigenvalue weighted by molar-refractivity contribution is 0.158. The van der Waals surface area contributed by atoms with Gasteiger partial charge in [0.2, 0.25) is 0 Å². The van der Waals surface area contributed by atoms with Crippen LogP contribution in [0.4, 0.5) is 4.79 Å². The molecule has 2 aromatic carbocycles. The lowest BCUT2D eigenvalue weighted by atomic mass is 10.0. The Morgan fingerprint density at radius 3 is 2.67 bits per heavy atom. The number of rotatable bonds is 7. The maximum Gasteiger partial charge on any atom is 0.404 e. The van der Waals surface area contributed by atoms with Crippen molar-refractivity contribution in [1.82, 2.24) is 8.96 Å². The van der Waals surface area contributed by atoms with Gasteiger partial charge in [-0.1, -0.05) is 35.9 Å². The van der Waals surface area contributed by atoms with Gasteiger partial charge in [-0.15, -0.1) is 0 Å². The fourth-order valence-corrected chi connectivity index (χ4v) is 5.36. The third kappa shape index (κ3) is 4.86. The van der Waals surface area contributed by atoms with Crippen molar-refractivity contribution >= 4 is 38.6 Å². The number of benzene rings is 2. The second-order valence-electron chi connectivity index (χ2n) is 7.68. The summed E-state index contributed by atoms with van der Waals surface area (Å²) in [7, 11) is -3.89. The third-order valence-electron chi connectivity index (χ3n) is 5.33. The average Bonchev–Trinajstić information content (AvgIpc) is 3.15. The number of pyridine rings is 1. The molecule has 9 heteroatoms. The Morgan fingerprint density at radius 2 is 1.97 bits per heavy atom.